The maximum absolute atomic E-state index is 6.30. The first kappa shape index (κ1) is 13.5. The number of nitrogens with two attached hydrogens (primary N) is 1. The van der Waals surface area contributed by atoms with Crippen molar-refractivity contribution in [2.75, 3.05) is 39.8 Å². The maximum Gasteiger partial charge on any atom is 0.0424 e. The van der Waals surface area contributed by atoms with E-state index in [0.29, 0.717) is 0 Å². The van der Waals surface area contributed by atoms with Gasteiger partial charge in [-0.1, -0.05) is 31.2 Å². The molecule has 1 aliphatic heterocycles. The van der Waals surface area contributed by atoms with Gasteiger partial charge in [-0.3, -0.25) is 4.90 Å². The average Bonchev–Trinajstić information content (AvgIpc) is 2.41. The number of hydrogen-bond donors (Lipinski definition) is 1. The molecule has 1 saturated heterocycles. The van der Waals surface area contributed by atoms with E-state index < -0.39 is 0 Å². The van der Waals surface area contributed by atoms with Crippen LogP contribution in [0.2, 0.25) is 0 Å². The Bertz CT molecular complexity index is 353. The summed E-state index contributed by atoms with van der Waals surface area (Å²) >= 11 is 0. The Morgan fingerprint density at radius 2 is 1.72 bits per heavy atom. The van der Waals surface area contributed by atoms with Gasteiger partial charge in [0.2, 0.25) is 0 Å². The van der Waals surface area contributed by atoms with Gasteiger partial charge >= 0.3 is 0 Å². The third-order valence-electron chi connectivity index (χ3n) is 3.87. The van der Waals surface area contributed by atoms with E-state index in [4.69, 9.17) is 5.73 Å². The highest BCUT2D eigenvalue weighted by Crippen LogP contribution is 2.14. The van der Waals surface area contributed by atoms with Gasteiger partial charge in [0.1, 0.15) is 0 Å². The third kappa shape index (κ3) is 3.55. The molecule has 0 spiro atoms. The van der Waals surface area contributed by atoms with Crippen LogP contribution in [0.25, 0.3) is 0 Å². The normalized spacial score (nSPS) is 19.9. The Kier molecular flexibility index (Phi) is 4.75. The Hall–Kier alpha value is -0.900. The molecule has 0 saturated carbocycles. The molecule has 2 rings (SSSR count). The molecule has 2 N–H and O–H groups in total. The number of piperazine rings is 1. The molecule has 0 amide bonds. The summed E-state index contributed by atoms with van der Waals surface area (Å²) in [6.07, 6.45) is 1.09. The third-order valence-corrected chi connectivity index (χ3v) is 3.87. The topological polar surface area (TPSA) is 32.5 Å². The lowest BCUT2D eigenvalue weighted by Gasteiger charge is -2.33. The molecule has 3 heteroatoms. The molecule has 0 radical (unpaired) electrons. The fourth-order valence-corrected chi connectivity index (χ4v) is 2.41. The van der Waals surface area contributed by atoms with Gasteiger partial charge in [-0.15, -0.1) is 0 Å². The van der Waals surface area contributed by atoms with E-state index >= 15 is 0 Å². The highest BCUT2D eigenvalue weighted by Gasteiger charge is 2.16. The number of nitrogens with zero attached hydrogens (tertiary/aromatic N) is 2. The SMILES string of the molecule is CCc1ccc(C(N)CN2CCN(C)CC2)cc1. The second-order valence-corrected chi connectivity index (χ2v) is 5.31. The first-order valence-corrected chi connectivity index (χ1v) is 6.94. The van der Waals surface area contributed by atoms with Crippen molar-refractivity contribution in [2.45, 2.75) is 19.4 Å². The molecule has 1 heterocycles. The molecule has 0 aliphatic carbocycles. The van der Waals surface area contributed by atoms with E-state index in [1.807, 2.05) is 0 Å². The lowest BCUT2D eigenvalue weighted by atomic mass is 10.0. The summed E-state index contributed by atoms with van der Waals surface area (Å²) < 4.78 is 0. The van der Waals surface area contributed by atoms with Crippen LogP contribution in [-0.2, 0) is 6.42 Å². The number of likely N-dealkylation sites (N-methyl/N-ethyl adjacent to an activating group) is 1. The summed E-state index contributed by atoms with van der Waals surface area (Å²) in [6.45, 7) is 7.73. The second-order valence-electron chi connectivity index (χ2n) is 5.31. The summed E-state index contributed by atoms with van der Waals surface area (Å²) in [7, 11) is 2.18. The minimum absolute atomic E-state index is 0.138. The zero-order valence-corrected chi connectivity index (χ0v) is 11.6. The van der Waals surface area contributed by atoms with Crippen molar-refractivity contribution < 1.29 is 0 Å². The van der Waals surface area contributed by atoms with Crippen LogP contribution in [0.5, 0.6) is 0 Å². The summed E-state index contributed by atoms with van der Waals surface area (Å²) in [4.78, 5) is 4.84. The number of benzene rings is 1. The summed E-state index contributed by atoms with van der Waals surface area (Å²) in [5.41, 5.74) is 8.93. The van der Waals surface area contributed by atoms with Crippen molar-refractivity contribution in [1.29, 1.82) is 0 Å². The number of hydrogen-bond acceptors (Lipinski definition) is 3. The Balaban J connectivity index is 1.88. The van der Waals surface area contributed by atoms with Gasteiger partial charge in [-0.05, 0) is 24.6 Å². The molecule has 0 bridgehead atoms. The van der Waals surface area contributed by atoms with Crippen molar-refractivity contribution in [3.05, 3.63) is 35.4 Å². The number of rotatable bonds is 4. The standard InChI is InChI=1S/C15H25N3/c1-3-13-4-6-14(7-5-13)15(16)12-18-10-8-17(2)9-11-18/h4-7,15H,3,8-12,16H2,1-2H3. The highest BCUT2D eigenvalue weighted by atomic mass is 15.2. The monoisotopic (exact) mass is 247 g/mol. The van der Waals surface area contributed by atoms with Gasteiger partial charge in [0.25, 0.3) is 0 Å². The van der Waals surface area contributed by atoms with Gasteiger partial charge in [0, 0.05) is 38.8 Å². The number of aryl methyl sites for hydroxylation is 1. The van der Waals surface area contributed by atoms with Crippen LogP contribution in [0.3, 0.4) is 0 Å². The van der Waals surface area contributed by atoms with Crippen LogP contribution in [0.4, 0.5) is 0 Å². The highest BCUT2D eigenvalue weighted by molar-refractivity contribution is 5.25. The van der Waals surface area contributed by atoms with Gasteiger partial charge in [-0.25, -0.2) is 0 Å². The van der Waals surface area contributed by atoms with Crippen molar-refractivity contribution >= 4 is 0 Å². The molecule has 1 atom stereocenters. The van der Waals surface area contributed by atoms with Crippen molar-refractivity contribution in [1.82, 2.24) is 9.80 Å². The minimum Gasteiger partial charge on any atom is -0.323 e. The van der Waals surface area contributed by atoms with Gasteiger partial charge in [0.05, 0.1) is 0 Å². The molecule has 1 aromatic rings. The quantitative estimate of drug-likeness (QED) is 0.875. The summed E-state index contributed by atoms with van der Waals surface area (Å²) in [5, 5.41) is 0. The Labute approximate surface area is 111 Å². The van der Waals surface area contributed by atoms with Crippen LogP contribution in [-0.4, -0.2) is 49.6 Å². The van der Waals surface area contributed by atoms with E-state index in [-0.39, 0.29) is 6.04 Å². The van der Waals surface area contributed by atoms with Crippen molar-refractivity contribution in [2.24, 2.45) is 5.73 Å². The zero-order valence-electron chi connectivity index (χ0n) is 11.6. The minimum atomic E-state index is 0.138. The lowest BCUT2D eigenvalue weighted by molar-refractivity contribution is 0.147. The fraction of sp³-hybridized carbons (Fsp3) is 0.600. The maximum atomic E-state index is 6.30. The first-order valence-electron chi connectivity index (χ1n) is 6.94. The van der Waals surface area contributed by atoms with Crippen LogP contribution >= 0.6 is 0 Å². The lowest BCUT2D eigenvalue weighted by Crippen LogP contribution is -2.46. The van der Waals surface area contributed by atoms with E-state index in [0.717, 1.165) is 39.1 Å². The predicted octanol–water partition coefficient (Wildman–Crippen LogP) is 1.50. The smallest absolute Gasteiger partial charge is 0.0424 e. The molecule has 1 aliphatic rings. The van der Waals surface area contributed by atoms with Crippen LogP contribution < -0.4 is 5.73 Å². The Morgan fingerprint density at radius 3 is 2.28 bits per heavy atom. The zero-order chi connectivity index (χ0) is 13.0. The van der Waals surface area contributed by atoms with Gasteiger partial charge in [0.15, 0.2) is 0 Å². The molecule has 0 aromatic heterocycles. The molecule has 1 aromatic carbocycles. The molecular weight excluding hydrogens is 222 g/mol. The van der Waals surface area contributed by atoms with Gasteiger partial charge in [-0.2, -0.15) is 0 Å². The summed E-state index contributed by atoms with van der Waals surface area (Å²) in [6, 6.07) is 8.89. The molecule has 3 nitrogen and oxygen atoms in total. The van der Waals surface area contributed by atoms with E-state index in [1.54, 1.807) is 0 Å². The largest absolute Gasteiger partial charge is 0.323 e. The average molecular weight is 247 g/mol. The van der Waals surface area contributed by atoms with E-state index in [1.165, 1.54) is 11.1 Å². The Morgan fingerprint density at radius 1 is 1.11 bits per heavy atom. The predicted molar refractivity (Wildman–Crippen MR) is 76.7 cm³/mol. The van der Waals surface area contributed by atoms with Crippen molar-refractivity contribution in [3.8, 4) is 0 Å². The van der Waals surface area contributed by atoms with E-state index in [2.05, 4.69) is 48.0 Å². The van der Waals surface area contributed by atoms with Crippen LogP contribution in [0.15, 0.2) is 24.3 Å². The molecule has 18 heavy (non-hydrogen) atoms. The van der Waals surface area contributed by atoms with Crippen LogP contribution in [0.1, 0.15) is 24.1 Å². The fourth-order valence-electron chi connectivity index (χ4n) is 2.41. The molecular formula is C15H25N3. The summed E-state index contributed by atoms with van der Waals surface area (Å²) in [5.74, 6) is 0. The van der Waals surface area contributed by atoms with Crippen molar-refractivity contribution in [3.63, 3.8) is 0 Å². The first-order chi connectivity index (χ1) is 8.69. The van der Waals surface area contributed by atoms with Gasteiger partial charge < -0.3 is 10.6 Å². The van der Waals surface area contributed by atoms with Crippen LogP contribution in [0, 0.1) is 0 Å². The molecule has 1 unspecified atom stereocenters. The molecule has 100 valence electrons. The second kappa shape index (κ2) is 6.32. The van der Waals surface area contributed by atoms with E-state index in [9.17, 15) is 0 Å². The molecule has 1 fully saturated rings.